The Bertz CT molecular complexity index is 572. The maximum absolute atomic E-state index is 11.6. The third kappa shape index (κ3) is 18.1. The monoisotopic (exact) mass is 458 g/mol. The highest BCUT2D eigenvalue weighted by molar-refractivity contribution is 5.87. The SMILES string of the molecule is C=C(C)C(=O)OCCOCCOC(=O)CCCCC(=O)OCCOCCOC(=O)C(=C)C. The van der Waals surface area contributed by atoms with Crippen LogP contribution < -0.4 is 0 Å². The zero-order valence-corrected chi connectivity index (χ0v) is 19.0. The summed E-state index contributed by atoms with van der Waals surface area (Å²) in [4.78, 5) is 45.4. The second kappa shape index (κ2) is 19.0. The molecule has 0 amide bonds. The average Bonchev–Trinajstić information content (AvgIpc) is 2.74. The predicted molar refractivity (Wildman–Crippen MR) is 114 cm³/mol. The van der Waals surface area contributed by atoms with Crippen molar-refractivity contribution in [2.75, 3.05) is 52.9 Å². The van der Waals surface area contributed by atoms with E-state index < -0.39 is 11.9 Å². The highest BCUT2D eigenvalue weighted by Gasteiger charge is 2.07. The molecule has 0 radical (unpaired) electrons. The van der Waals surface area contributed by atoms with Crippen LogP contribution in [-0.2, 0) is 47.6 Å². The van der Waals surface area contributed by atoms with Crippen LogP contribution in [0.3, 0.4) is 0 Å². The highest BCUT2D eigenvalue weighted by atomic mass is 16.6. The molecule has 0 aromatic rings. The molecule has 10 nitrogen and oxygen atoms in total. The highest BCUT2D eigenvalue weighted by Crippen LogP contribution is 2.03. The van der Waals surface area contributed by atoms with E-state index in [1.807, 2.05) is 0 Å². The largest absolute Gasteiger partial charge is 0.463 e. The van der Waals surface area contributed by atoms with Gasteiger partial charge in [-0.15, -0.1) is 0 Å². The number of carbonyl (C=O) groups excluding carboxylic acids is 4. The molecule has 0 spiro atoms. The molecule has 0 aliphatic carbocycles. The molecule has 10 heteroatoms. The molecule has 0 aliphatic rings. The fourth-order valence-electron chi connectivity index (χ4n) is 1.95. The van der Waals surface area contributed by atoms with Crippen molar-refractivity contribution in [2.24, 2.45) is 0 Å². The van der Waals surface area contributed by atoms with Gasteiger partial charge in [-0.3, -0.25) is 9.59 Å². The van der Waals surface area contributed by atoms with E-state index in [0.717, 1.165) is 0 Å². The second-order valence-corrected chi connectivity index (χ2v) is 6.71. The van der Waals surface area contributed by atoms with Gasteiger partial charge >= 0.3 is 23.9 Å². The van der Waals surface area contributed by atoms with Crippen molar-refractivity contribution in [1.29, 1.82) is 0 Å². The van der Waals surface area contributed by atoms with Gasteiger partial charge < -0.3 is 28.4 Å². The van der Waals surface area contributed by atoms with Crippen LogP contribution in [0.5, 0.6) is 0 Å². The Kier molecular flexibility index (Phi) is 17.4. The lowest BCUT2D eigenvalue weighted by molar-refractivity contribution is -0.148. The van der Waals surface area contributed by atoms with Crippen molar-refractivity contribution < 1.29 is 47.6 Å². The smallest absolute Gasteiger partial charge is 0.333 e. The number of esters is 4. The first-order chi connectivity index (χ1) is 15.2. The maximum Gasteiger partial charge on any atom is 0.333 e. The summed E-state index contributed by atoms with van der Waals surface area (Å²) in [5, 5.41) is 0. The first kappa shape index (κ1) is 29.3. The number of carbonyl (C=O) groups is 4. The van der Waals surface area contributed by atoms with E-state index in [2.05, 4.69) is 13.2 Å². The molecule has 0 unspecified atom stereocenters. The lowest BCUT2D eigenvalue weighted by atomic mass is 10.2. The molecule has 0 bridgehead atoms. The van der Waals surface area contributed by atoms with Crippen molar-refractivity contribution in [1.82, 2.24) is 0 Å². The zero-order chi connectivity index (χ0) is 24.2. The molecular weight excluding hydrogens is 424 g/mol. The summed E-state index contributed by atoms with van der Waals surface area (Å²) in [6.45, 7) is 11.2. The number of ether oxygens (including phenoxy) is 6. The van der Waals surface area contributed by atoms with Crippen LogP contribution >= 0.6 is 0 Å². The van der Waals surface area contributed by atoms with E-state index in [1.165, 1.54) is 0 Å². The molecule has 0 fully saturated rings. The lowest BCUT2D eigenvalue weighted by Gasteiger charge is -2.08. The van der Waals surface area contributed by atoms with Gasteiger partial charge in [0.25, 0.3) is 0 Å². The van der Waals surface area contributed by atoms with Crippen LogP contribution in [0.25, 0.3) is 0 Å². The van der Waals surface area contributed by atoms with Gasteiger partial charge in [-0.05, 0) is 26.7 Å². The van der Waals surface area contributed by atoms with Crippen LogP contribution in [-0.4, -0.2) is 76.7 Å². The Morgan fingerprint density at radius 1 is 0.531 bits per heavy atom. The Balaban J connectivity index is 3.45. The summed E-state index contributed by atoms with van der Waals surface area (Å²) >= 11 is 0. The number of unbranched alkanes of at least 4 members (excludes halogenated alkanes) is 1. The zero-order valence-electron chi connectivity index (χ0n) is 19.0. The molecule has 0 atom stereocenters. The van der Waals surface area contributed by atoms with Gasteiger partial charge in [-0.2, -0.15) is 0 Å². The summed E-state index contributed by atoms with van der Waals surface area (Å²) in [6.07, 6.45) is 1.37. The molecule has 0 N–H and O–H groups in total. The Morgan fingerprint density at radius 2 is 0.844 bits per heavy atom. The van der Waals surface area contributed by atoms with Crippen LogP contribution in [0.4, 0.5) is 0 Å². The molecule has 182 valence electrons. The van der Waals surface area contributed by atoms with Crippen LogP contribution in [0, 0.1) is 0 Å². The number of hydrogen-bond donors (Lipinski definition) is 0. The lowest BCUT2D eigenvalue weighted by Crippen LogP contribution is -2.15. The molecule has 0 aliphatic heterocycles. The van der Waals surface area contributed by atoms with E-state index in [0.29, 0.717) is 24.0 Å². The van der Waals surface area contributed by atoms with E-state index in [4.69, 9.17) is 28.4 Å². The van der Waals surface area contributed by atoms with Gasteiger partial charge in [0, 0.05) is 24.0 Å². The third-order valence-electron chi connectivity index (χ3n) is 3.61. The molecular formula is C22H34O10. The van der Waals surface area contributed by atoms with Crippen LogP contribution in [0.2, 0.25) is 0 Å². The molecule has 0 heterocycles. The van der Waals surface area contributed by atoms with Crippen molar-refractivity contribution in [3.63, 3.8) is 0 Å². The van der Waals surface area contributed by atoms with Gasteiger partial charge in [-0.25, -0.2) is 9.59 Å². The molecule has 32 heavy (non-hydrogen) atoms. The summed E-state index contributed by atoms with van der Waals surface area (Å²) in [7, 11) is 0. The predicted octanol–water partition coefficient (Wildman–Crippen LogP) is 1.90. The Morgan fingerprint density at radius 3 is 1.16 bits per heavy atom. The molecule has 0 aromatic heterocycles. The first-order valence-corrected chi connectivity index (χ1v) is 10.4. The van der Waals surface area contributed by atoms with Crippen LogP contribution in [0.15, 0.2) is 24.3 Å². The summed E-state index contributed by atoms with van der Waals surface area (Å²) < 4.78 is 30.0. The van der Waals surface area contributed by atoms with E-state index >= 15 is 0 Å². The van der Waals surface area contributed by atoms with E-state index in [9.17, 15) is 19.2 Å². The standard InChI is InChI=1S/C22H34O10/c1-17(2)21(25)31-15-11-27-9-13-29-19(23)7-5-6-8-20(24)30-14-10-28-12-16-32-22(26)18(3)4/h1,3,5-16H2,2,4H3. The first-order valence-electron chi connectivity index (χ1n) is 10.4. The summed E-state index contributed by atoms with van der Waals surface area (Å²) in [5.74, 6) is -1.71. The maximum atomic E-state index is 11.6. The minimum absolute atomic E-state index is 0.0989. The molecule has 0 saturated heterocycles. The van der Waals surface area contributed by atoms with Gasteiger partial charge in [0.05, 0.1) is 26.4 Å². The quantitative estimate of drug-likeness (QED) is 0.123. The normalized spacial score (nSPS) is 10.2. The van der Waals surface area contributed by atoms with Crippen molar-refractivity contribution in [3.05, 3.63) is 24.3 Å². The average molecular weight is 459 g/mol. The number of hydrogen-bond acceptors (Lipinski definition) is 10. The van der Waals surface area contributed by atoms with Crippen molar-refractivity contribution in [2.45, 2.75) is 39.5 Å². The topological polar surface area (TPSA) is 124 Å². The second-order valence-electron chi connectivity index (χ2n) is 6.71. The summed E-state index contributed by atoms with van der Waals surface area (Å²) in [6, 6.07) is 0. The van der Waals surface area contributed by atoms with Crippen molar-refractivity contribution >= 4 is 23.9 Å². The van der Waals surface area contributed by atoms with Gasteiger partial charge in [0.1, 0.15) is 26.4 Å². The fraction of sp³-hybridized carbons (Fsp3) is 0.636. The minimum Gasteiger partial charge on any atom is -0.463 e. The Labute approximate surface area is 188 Å². The summed E-state index contributed by atoms with van der Waals surface area (Å²) in [5.41, 5.74) is 0.633. The molecule has 0 saturated carbocycles. The Hall–Kier alpha value is -2.72. The number of rotatable bonds is 19. The van der Waals surface area contributed by atoms with Gasteiger partial charge in [0.2, 0.25) is 0 Å². The third-order valence-corrected chi connectivity index (χ3v) is 3.61. The minimum atomic E-state index is -0.476. The molecule has 0 aromatic carbocycles. The fourth-order valence-corrected chi connectivity index (χ4v) is 1.95. The van der Waals surface area contributed by atoms with E-state index in [-0.39, 0.29) is 77.6 Å². The van der Waals surface area contributed by atoms with Gasteiger partial charge in [0.15, 0.2) is 0 Å². The van der Waals surface area contributed by atoms with E-state index in [1.54, 1.807) is 13.8 Å². The van der Waals surface area contributed by atoms with Crippen molar-refractivity contribution in [3.8, 4) is 0 Å². The molecule has 0 rings (SSSR count). The van der Waals surface area contributed by atoms with Crippen LogP contribution in [0.1, 0.15) is 39.5 Å². The van der Waals surface area contributed by atoms with Gasteiger partial charge in [-0.1, -0.05) is 13.2 Å².